The van der Waals surface area contributed by atoms with Gasteiger partial charge in [-0.2, -0.15) is 0 Å². The molecule has 0 radical (unpaired) electrons. The van der Waals surface area contributed by atoms with Gasteiger partial charge < -0.3 is 24.8 Å². The molecule has 1 aromatic carbocycles. The Morgan fingerprint density at radius 2 is 1.53 bits per heavy atom. The molecule has 0 aliphatic heterocycles. The number of nitrogens with two attached hydrogens (primary N) is 1. The Labute approximate surface area is 110 Å². The highest BCUT2D eigenvalue weighted by molar-refractivity contribution is 6.39. The quantitative estimate of drug-likeness (QED) is 0.785. The molecule has 19 heavy (non-hydrogen) atoms. The Kier molecular flexibility index (Phi) is 4.57. The van der Waals surface area contributed by atoms with Gasteiger partial charge in [0.2, 0.25) is 5.75 Å². The van der Waals surface area contributed by atoms with Crippen molar-refractivity contribution in [3.63, 3.8) is 0 Å². The Hall–Kier alpha value is -2.44. The second-order valence-electron chi connectivity index (χ2n) is 3.61. The molecule has 0 aliphatic carbocycles. The van der Waals surface area contributed by atoms with Crippen LogP contribution in [0.1, 0.15) is 0 Å². The molecule has 0 aliphatic rings. The van der Waals surface area contributed by atoms with Crippen molar-refractivity contribution in [1.82, 2.24) is 0 Å². The van der Waals surface area contributed by atoms with Crippen molar-refractivity contribution in [1.29, 1.82) is 0 Å². The highest BCUT2D eigenvalue weighted by Gasteiger charge is 2.21. The lowest BCUT2D eigenvalue weighted by Crippen LogP contribution is -2.37. The minimum absolute atomic E-state index is 0.376. The molecule has 1 aromatic rings. The van der Waals surface area contributed by atoms with E-state index in [0.29, 0.717) is 22.9 Å². The van der Waals surface area contributed by atoms with Gasteiger partial charge in [-0.05, 0) is 0 Å². The molecule has 2 amide bonds. The van der Waals surface area contributed by atoms with Crippen molar-refractivity contribution in [2.75, 3.05) is 33.3 Å². The van der Waals surface area contributed by atoms with Gasteiger partial charge in [0.1, 0.15) is 0 Å². The molecule has 0 saturated carbocycles. The first-order chi connectivity index (χ1) is 8.96. The molecule has 0 atom stereocenters. The number of hydrogen-bond donors (Lipinski definition) is 1. The van der Waals surface area contributed by atoms with E-state index in [2.05, 4.69) is 0 Å². The van der Waals surface area contributed by atoms with Crippen molar-refractivity contribution in [3.8, 4) is 17.2 Å². The summed E-state index contributed by atoms with van der Waals surface area (Å²) in [6, 6.07) is 3.09. The zero-order chi connectivity index (χ0) is 14.6. The number of carbonyl (C=O) groups is 2. The van der Waals surface area contributed by atoms with Crippen LogP contribution in [0, 0.1) is 0 Å². The number of benzene rings is 1. The average Bonchev–Trinajstić information content (AvgIpc) is 2.43. The van der Waals surface area contributed by atoms with E-state index in [4.69, 9.17) is 19.9 Å². The Morgan fingerprint density at radius 3 is 1.84 bits per heavy atom. The molecule has 0 fully saturated rings. The van der Waals surface area contributed by atoms with E-state index in [9.17, 15) is 9.59 Å². The first-order valence-electron chi connectivity index (χ1n) is 5.33. The van der Waals surface area contributed by atoms with Crippen LogP contribution in [-0.4, -0.2) is 40.2 Å². The van der Waals surface area contributed by atoms with Crippen LogP contribution in [0.4, 0.5) is 5.69 Å². The van der Waals surface area contributed by atoms with Gasteiger partial charge in [0, 0.05) is 19.2 Å². The monoisotopic (exact) mass is 268 g/mol. The smallest absolute Gasteiger partial charge is 0.315 e. The first kappa shape index (κ1) is 14.6. The summed E-state index contributed by atoms with van der Waals surface area (Å²) in [5, 5.41) is 0. The highest BCUT2D eigenvalue weighted by atomic mass is 16.5. The van der Waals surface area contributed by atoms with Crippen LogP contribution in [0.25, 0.3) is 0 Å². The van der Waals surface area contributed by atoms with Crippen molar-refractivity contribution >= 4 is 17.5 Å². The molecule has 0 unspecified atom stereocenters. The zero-order valence-electron chi connectivity index (χ0n) is 11.2. The molecule has 0 saturated heterocycles. The Morgan fingerprint density at radius 1 is 1.05 bits per heavy atom. The summed E-state index contributed by atoms with van der Waals surface area (Å²) in [7, 11) is 5.81. The number of ether oxygens (including phenoxy) is 3. The highest BCUT2D eigenvalue weighted by Crippen LogP contribution is 2.40. The molecule has 104 valence electrons. The predicted octanol–water partition coefficient (Wildman–Crippen LogP) is 0.160. The van der Waals surface area contributed by atoms with Crippen molar-refractivity contribution in [3.05, 3.63) is 12.1 Å². The number of nitrogens with zero attached hydrogens (tertiary/aromatic N) is 1. The largest absolute Gasteiger partial charge is 0.493 e. The maximum absolute atomic E-state index is 11.5. The van der Waals surface area contributed by atoms with Gasteiger partial charge in [-0.3, -0.25) is 9.59 Å². The maximum atomic E-state index is 11.5. The second-order valence-corrected chi connectivity index (χ2v) is 3.61. The summed E-state index contributed by atoms with van der Waals surface area (Å²) in [6.45, 7) is 0. The van der Waals surface area contributed by atoms with Gasteiger partial charge in [-0.15, -0.1) is 0 Å². The molecule has 0 heterocycles. The fourth-order valence-electron chi connectivity index (χ4n) is 1.54. The molecule has 1 rings (SSSR count). The normalized spacial score (nSPS) is 9.68. The second kappa shape index (κ2) is 5.94. The van der Waals surface area contributed by atoms with E-state index in [1.165, 1.54) is 28.4 Å². The summed E-state index contributed by atoms with van der Waals surface area (Å²) in [6.07, 6.45) is 0. The zero-order valence-corrected chi connectivity index (χ0v) is 11.2. The minimum Gasteiger partial charge on any atom is -0.493 e. The topological polar surface area (TPSA) is 91.1 Å². The number of methoxy groups -OCH3 is 3. The standard InChI is InChI=1S/C12H16N2O5/c1-14(12(16)11(13)15)7-5-8(17-2)10(19-4)9(6-7)18-3/h5-6H,1-4H3,(H2,13,15). The van der Waals surface area contributed by atoms with E-state index < -0.39 is 11.8 Å². The summed E-state index contributed by atoms with van der Waals surface area (Å²) >= 11 is 0. The Bertz CT molecular complexity index is 476. The summed E-state index contributed by atoms with van der Waals surface area (Å²) in [4.78, 5) is 23.5. The first-order valence-corrected chi connectivity index (χ1v) is 5.33. The Balaban J connectivity index is 3.30. The minimum atomic E-state index is -1.05. The van der Waals surface area contributed by atoms with Crippen LogP contribution < -0.4 is 24.8 Å². The van der Waals surface area contributed by atoms with Gasteiger partial charge in [-0.25, -0.2) is 0 Å². The average molecular weight is 268 g/mol. The van der Waals surface area contributed by atoms with E-state index >= 15 is 0 Å². The fraction of sp³-hybridized carbons (Fsp3) is 0.333. The van der Waals surface area contributed by atoms with E-state index in [1.54, 1.807) is 12.1 Å². The molecular weight excluding hydrogens is 252 g/mol. The summed E-state index contributed by atoms with van der Waals surface area (Å²) in [5.74, 6) is -0.735. The van der Waals surface area contributed by atoms with Gasteiger partial charge >= 0.3 is 11.8 Å². The maximum Gasteiger partial charge on any atom is 0.315 e. The van der Waals surface area contributed by atoms with Crippen LogP contribution >= 0.6 is 0 Å². The van der Waals surface area contributed by atoms with E-state index in [1.807, 2.05) is 0 Å². The number of carbonyl (C=O) groups excluding carboxylic acids is 2. The van der Waals surface area contributed by atoms with Crippen molar-refractivity contribution < 1.29 is 23.8 Å². The number of hydrogen-bond acceptors (Lipinski definition) is 5. The van der Waals surface area contributed by atoms with Gasteiger partial charge in [0.25, 0.3) is 0 Å². The predicted molar refractivity (Wildman–Crippen MR) is 68.7 cm³/mol. The third kappa shape index (κ3) is 2.87. The van der Waals surface area contributed by atoms with E-state index in [0.717, 1.165) is 4.90 Å². The van der Waals surface area contributed by atoms with Crippen LogP contribution in [0.3, 0.4) is 0 Å². The van der Waals surface area contributed by atoms with Crippen LogP contribution in [0.2, 0.25) is 0 Å². The van der Waals surface area contributed by atoms with Crippen molar-refractivity contribution in [2.45, 2.75) is 0 Å². The van der Waals surface area contributed by atoms with Gasteiger partial charge in [0.15, 0.2) is 11.5 Å². The number of amides is 2. The number of rotatable bonds is 4. The molecular formula is C12H16N2O5. The molecule has 0 bridgehead atoms. The van der Waals surface area contributed by atoms with Gasteiger partial charge in [0.05, 0.1) is 27.0 Å². The lowest BCUT2D eigenvalue weighted by Gasteiger charge is -2.19. The molecule has 0 spiro atoms. The van der Waals surface area contributed by atoms with Crippen LogP contribution in [0.15, 0.2) is 12.1 Å². The van der Waals surface area contributed by atoms with Crippen molar-refractivity contribution in [2.24, 2.45) is 5.73 Å². The SMILES string of the molecule is COc1cc(N(C)C(=O)C(N)=O)cc(OC)c1OC. The third-order valence-corrected chi connectivity index (χ3v) is 2.55. The summed E-state index contributed by atoms with van der Waals surface area (Å²) in [5.41, 5.74) is 5.36. The lowest BCUT2D eigenvalue weighted by atomic mass is 10.2. The number of anilines is 1. The molecule has 2 N–H and O–H groups in total. The van der Waals surface area contributed by atoms with Crippen LogP contribution in [-0.2, 0) is 9.59 Å². The van der Waals surface area contributed by atoms with Crippen LogP contribution in [0.5, 0.6) is 17.2 Å². The lowest BCUT2D eigenvalue weighted by molar-refractivity contribution is -0.135. The number of primary amides is 1. The summed E-state index contributed by atoms with van der Waals surface area (Å²) < 4.78 is 15.5. The van der Waals surface area contributed by atoms with Gasteiger partial charge in [-0.1, -0.05) is 0 Å². The molecule has 0 aromatic heterocycles. The van der Waals surface area contributed by atoms with E-state index in [-0.39, 0.29) is 0 Å². The molecule has 7 heteroatoms. The third-order valence-electron chi connectivity index (χ3n) is 2.55. The fourth-order valence-corrected chi connectivity index (χ4v) is 1.54. The molecule has 7 nitrogen and oxygen atoms in total. The number of likely N-dealkylation sites (N-methyl/N-ethyl adjacent to an activating group) is 1.